The van der Waals surface area contributed by atoms with E-state index in [4.69, 9.17) is 10.5 Å². The van der Waals surface area contributed by atoms with Gasteiger partial charge in [0.15, 0.2) is 5.60 Å². The van der Waals surface area contributed by atoms with Crippen LogP contribution in [0.3, 0.4) is 0 Å². The second-order valence-electron chi connectivity index (χ2n) is 6.38. The molecule has 0 spiro atoms. The van der Waals surface area contributed by atoms with Gasteiger partial charge in [-0.25, -0.2) is 0 Å². The number of carbonyl (C=O) groups excluding carboxylic acids is 2. The van der Waals surface area contributed by atoms with E-state index >= 15 is 0 Å². The van der Waals surface area contributed by atoms with Gasteiger partial charge < -0.3 is 20.5 Å². The maximum atomic E-state index is 11.5. The first kappa shape index (κ1) is 16.2. The Bertz CT molecular complexity index is 420. The van der Waals surface area contributed by atoms with Crippen molar-refractivity contribution in [2.75, 3.05) is 39.3 Å². The molecule has 0 aliphatic carbocycles. The van der Waals surface area contributed by atoms with E-state index in [1.807, 2.05) is 4.90 Å². The third-order valence-electron chi connectivity index (χ3n) is 4.53. The predicted molar refractivity (Wildman–Crippen MR) is 76.4 cm³/mol. The van der Waals surface area contributed by atoms with Crippen molar-refractivity contribution in [3.8, 4) is 0 Å². The molecule has 2 saturated heterocycles. The van der Waals surface area contributed by atoms with Gasteiger partial charge in [0.1, 0.15) is 0 Å². The summed E-state index contributed by atoms with van der Waals surface area (Å²) in [5.74, 6) is -0.435. The highest BCUT2D eigenvalue weighted by Gasteiger charge is 2.41. The van der Waals surface area contributed by atoms with Crippen molar-refractivity contribution in [1.29, 1.82) is 0 Å². The Morgan fingerprint density at radius 1 is 1.29 bits per heavy atom. The third kappa shape index (κ3) is 3.72. The van der Waals surface area contributed by atoms with Crippen LogP contribution in [0.4, 0.5) is 0 Å². The van der Waals surface area contributed by atoms with E-state index < -0.39 is 17.1 Å². The maximum absolute atomic E-state index is 11.5. The fraction of sp³-hybridized carbons (Fsp3) is 0.857. The van der Waals surface area contributed by atoms with Gasteiger partial charge in [-0.3, -0.25) is 14.5 Å². The zero-order valence-corrected chi connectivity index (χ0v) is 12.8. The van der Waals surface area contributed by atoms with Crippen LogP contribution in [0, 0.1) is 0 Å². The molecule has 2 heterocycles. The first-order chi connectivity index (χ1) is 9.74. The van der Waals surface area contributed by atoms with E-state index in [1.54, 1.807) is 18.7 Å². The smallest absolute Gasteiger partial charge is 0.250 e. The fourth-order valence-corrected chi connectivity index (χ4v) is 3.05. The molecule has 0 radical (unpaired) electrons. The molecule has 0 aromatic carbocycles. The van der Waals surface area contributed by atoms with Gasteiger partial charge in [0, 0.05) is 39.6 Å². The highest BCUT2D eigenvalue weighted by atomic mass is 16.5. The van der Waals surface area contributed by atoms with Crippen molar-refractivity contribution < 1.29 is 19.4 Å². The van der Waals surface area contributed by atoms with Crippen LogP contribution in [-0.4, -0.2) is 77.3 Å². The molecule has 0 unspecified atom stereocenters. The largest absolute Gasteiger partial charge is 0.388 e. The van der Waals surface area contributed by atoms with Crippen LogP contribution in [0.2, 0.25) is 0 Å². The molecule has 21 heavy (non-hydrogen) atoms. The Balaban J connectivity index is 1.92. The average Bonchev–Trinajstić information content (AvgIpc) is 2.38. The topological polar surface area (TPSA) is 96.1 Å². The summed E-state index contributed by atoms with van der Waals surface area (Å²) in [6, 6.07) is 0. The minimum atomic E-state index is -0.991. The highest BCUT2D eigenvalue weighted by Crippen LogP contribution is 2.26. The Labute approximate surface area is 125 Å². The van der Waals surface area contributed by atoms with Crippen molar-refractivity contribution in [3.05, 3.63) is 0 Å². The molecule has 2 amide bonds. The van der Waals surface area contributed by atoms with Crippen LogP contribution in [0.15, 0.2) is 0 Å². The van der Waals surface area contributed by atoms with E-state index in [2.05, 4.69) is 0 Å². The summed E-state index contributed by atoms with van der Waals surface area (Å²) in [6.45, 7) is 6.34. The van der Waals surface area contributed by atoms with Crippen molar-refractivity contribution in [2.24, 2.45) is 5.73 Å². The molecule has 2 aliphatic heterocycles. The van der Waals surface area contributed by atoms with Crippen LogP contribution in [0.5, 0.6) is 0 Å². The molecular weight excluding hydrogens is 274 g/mol. The lowest BCUT2D eigenvalue weighted by Gasteiger charge is -2.44. The Kier molecular flexibility index (Phi) is 4.55. The number of nitrogens with two attached hydrogens (primary N) is 1. The number of rotatable bonds is 3. The second kappa shape index (κ2) is 5.90. The number of carbonyl (C=O) groups is 2. The number of β-amino-alcohol motifs (C(OH)–C–C–N with tert-alkyl or cyclic N) is 1. The SMILES string of the molecule is CC(=O)N1CCC(O)(CN2CCO[C@@](C)(C(N)=O)C2)CC1. The molecule has 2 aliphatic rings. The maximum Gasteiger partial charge on any atom is 0.250 e. The van der Waals surface area contributed by atoms with Crippen LogP contribution in [0.25, 0.3) is 0 Å². The molecule has 2 rings (SSSR count). The van der Waals surface area contributed by atoms with Crippen LogP contribution >= 0.6 is 0 Å². The number of nitrogens with zero attached hydrogens (tertiary/aromatic N) is 2. The lowest BCUT2D eigenvalue weighted by molar-refractivity contribution is -0.158. The number of ether oxygens (including phenoxy) is 1. The van der Waals surface area contributed by atoms with E-state index in [1.165, 1.54) is 0 Å². The quantitative estimate of drug-likeness (QED) is 0.692. The van der Waals surface area contributed by atoms with Gasteiger partial charge in [-0.2, -0.15) is 0 Å². The average molecular weight is 299 g/mol. The molecule has 120 valence electrons. The van der Waals surface area contributed by atoms with Crippen molar-refractivity contribution in [3.63, 3.8) is 0 Å². The monoisotopic (exact) mass is 299 g/mol. The number of hydrogen-bond donors (Lipinski definition) is 2. The molecule has 2 fully saturated rings. The van der Waals surface area contributed by atoms with Crippen molar-refractivity contribution in [2.45, 2.75) is 37.9 Å². The number of morpholine rings is 1. The zero-order chi connectivity index (χ0) is 15.7. The van der Waals surface area contributed by atoms with Gasteiger partial charge in [-0.1, -0.05) is 0 Å². The summed E-state index contributed by atoms with van der Waals surface area (Å²) in [7, 11) is 0. The Morgan fingerprint density at radius 2 is 1.90 bits per heavy atom. The standard InChI is InChI=1S/C14H25N3O4/c1-11(18)17-5-3-14(20,4-6-17)10-16-7-8-21-13(2,9-16)12(15)19/h20H,3-10H2,1-2H3,(H2,15,19)/t13-/m1/s1. The van der Waals surface area contributed by atoms with E-state index in [-0.39, 0.29) is 5.91 Å². The van der Waals surface area contributed by atoms with Gasteiger partial charge in [-0.15, -0.1) is 0 Å². The Morgan fingerprint density at radius 3 is 2.43 bits per heavy atom. The first-order valence-electron chi connectivity index (χ1n) is 7.38. The number of amides is 2. The summed E-state index contributed by atoms with van der Waals surface area (Å²) >= 11 is 0. The van der Waals surface area contributed by atoms with Crippen LogP contribution in [0.1, 0.15) is 26.7 Å². The summed E-state index contributed by atoms with van der Waals surface area (Å²) in [5, 5.41) is 10.7. The van der Waals surface area contributed by atoms with Crippen LogP contribution < -0.4 is 5.73 Å². The molecule has 7 nitrogen and oxygen atoms in total. The number of piperidine rings is 1. The minimum absolute atomic E-state index is 0.0460. The van der Waals surface area contributed by atoms with Crippen molar-refractivity contribution >= 4 is 11.8 Å². The number of likely N-dealkylation sites (tertiary alicyclic amines) is 1. The first-order valence-corrected chi connectivity index (χ1v) is 7.38. The van der Waals surface area contributed by atoms with E-state index in [0.717, 1.165) is 0 Å². The molecule has 0 bridgehead atoms. The summed E-state index contributed by atoms with van der Waals surface area (Å²) in [6.07, 6.45) is 1.11. The third-order valence-corrected chi connectivity index (χ3v) is 4.53. The molecule has 7 heteroatoms. The predicted octanol–water partition coefficient (Wildman–Crippen LogP) is -1.06. The summed E-state index contributed by atoms with van der Waals surface area (Å²) in [5.41, 5.74) is 3.58. The molecule has 0 saturated carbocycles. The normalized spacial score (nSPS) is 30.1. The van der Waals surface area contributed by atoms with Gasteiger partial charge in [0.25, 0.3) is 5.91 Å². The van der Waals surface area contributed by atoms with Gasteiger partial charge in [0.05, 0.1) is 12.2 Å². The lowest BCUT2D eigenvalue weighted by Crippen LogP contribution is -2.60. The van der Waals surface area contributed by atoms with E-state index in [0.29, 0.717) is 52.2 Å². The molecular formula is C14H25N3O4. The second-order valence-corrected chi connectivity index (χ2v) is 6.38. The van der Waals surface area contributed by atoms with Gasteiger partial charge in [-0.05, 0) is 19.8 Å². The minimum Gasteiger partial charge on any atom is -0.388 e. The lowest BCUT2D eigenvalue weighted by atomic mass is 9.90. The zero-order valence-electron chi connectivity index (χ0n) is 12.8. The number of aliphatic hydroxyl groups is 1. The summed E-state index contributed by atoms with van der Waals surface area (Å²) < 4.78 is 5.48. The van der Waals surface area contributed by atoms with Crippen LogP contribution in [-0.2, 0) is 14.3 Å². The Hall–Kier alpha value is -1.18. The molecule has 0 aromatic rings. The number of hydrogen-bond acceptors (Lipinski definition) is 5. The van der Waals surface area contributed by atoms with Gasteiger partial charge >= 0.3 is 0 Å². The highest BCUT2D eigenvalue weighted by molar-refractivity contribution is 5.83. The van der Waals surface area contributed by atoms with Gasteiger partial charge in [0.2, 0.25) is 5.91 Å². The molecule has 3 N–H and O–H groups in total. The molecule has 0 aromatic heterocycles. The van der Waals surface area contributed by atoms with Crippen molar-refractivity contribution in [1.82, 2.24) is 9.80 Å². The van der Waals surface area contributed by atoms with E-state index in [9.17, 15) is 14.7 Å². The molecule has 1 atom stereocenters. The number of primary amides is 1. The summed E-state index contributed by atoms with van der Waals surface area (Å²) in [4.78, 5) is 26.6. The fourth-order valence-electron chi connectivity index (χ4n) is 3.05.